The Hall–Kier alpha value is -2.87. The summed E-state index contributed by atoms with van der Waals surface area (Å²) < 4.78 is 5.18. The van der Waals surface area contributed by atoms with Crippen molar-refractivity contribution < 1.29 is 18.9 Å². The summed E-state index contributed by atoms with van der Waals surface area (Å²) in [4.78, 5) is 37.0. The molecule has 0 spiro atoms. The highest BCUT2D eigenvalue weighted by Crippen LogP contribution is 2.26. The number of carbonyl (C=O) groups is 2. The van der Waals surface area contributed by atoms with E-state index in [2.05, 4.69) is 5.32 Å². The zero-order chi connectivity index (χ0) is 19.4. The first-order valence-electron chi connectivity index (χ1n) is 8.49. The van der Waals surface area contributed by atoms with Gasteiger partial charge in [-0.05, 0) is 37.1 Å². The number of likely N-dealkylation sites (tertiary alicyclic amines) is 1. The quantitative estimate of drug-likeness (QED) is 0.623. The Kier molecular flexibility index (Phi) is 5.75. The maximum Gasteiger partial charge on any atom is 0.283 e. The van der Waals surface area contributed by atoms with Gasteiger partial charge in [-0.15, -0.1) is 0 Å². The summed E-state index contributed by atoms with van der Waals surface area (Å²) in [5, 5.41) is 14.2. The SMILES string of the molecule is O=C(NCc1ccco1)C1CCN(C(=O)c2ccc(Cl)cc2[N+](=O)[O-])CC1. The largest absolute Gasteiger partial charge is 0.467 e. The van der Waals surface area contributed by atoms with Crippen LogP contribution in [0.4, 0.5) is 5.69 Å². The van der Waals surface area contributed by atoms with Crippen LogP contribution in [0.1, 0.15) is 29.0 Å². The van der Waals surface area contributed by atoms with Crippen molar-refractivity contribution in [2.24, 2.45) is 5.92 Å². The first-order valence-corrected chi connectivity index (χ1v) is 8.87. The fourth-order valence-corrected chi connectivity index (χ4v) is 3.25. The summed E-state index contributed by atoms with van der Waals surface area (Å²) >= 11 is 5.79. The summed E-state index contributed by atoms with van der Waals surface area (Å²) in [6, 6.07) is 7.52. The number of carbonyl (C=O) groups excluding carboxylic acids is 2. The Bertz CT molecular complexity index is 845. The number of furan rings is 1. The summed E-state index contributed by atoms with van der Waals surface area (Å²) in [5.41, 5.74) is -0.309. The zero-order valence-corrected chi connectivity index (χ0v) is 15.1. The molecule has 1 fully saturated rings. The number of rotatable bonds is 5. The molecule has 0 atom stereocenters. The summed E-state index contributed by atoms with van der Waals surface area (Å²) in [6.07, 6.45) is 2.54. The van der Waals surface area contributed by atoms with E-state index in [1.807, 2.05) is 0 Å². The molecule has 0 aliphatic carbocycles. The zero-order valence-electron chi connectivity index (χ0n) is 14.4. The average molecular weight is 392 g/mol. The molecule has 8 nitrogen and oxygen atoms in total. The minimum atomic E-state index is -0.617. The van der Waals surface area contributed by atoms with Crippen LogP contribution in [-0.2, 0) is 11.3 Å². The highest BCUT2D eigenvalue weighted by Gasteiger charge is 2.30. The Morgan fingerprint density at radius 1 is 1.30 bits per heavy atom. The predicted octanol–water partition coefficient (Wildman–Crippen LogP) is 3.01. The molecule has 1 N–H and O–H groups in total. The van der Waals surface area contributed by atoms with Crippen molar-refractivity contribution >= 4 is 29.1 Å². The van der Waals surface area contributed by atoms with E-state index in [9.17, 15) is 19.7 Å². The van der Waals surface area contributed by atoms with E-state index in [0.29, 0.717) is 38.2 Å². The molecule has 2 amide bonds. The van der Waals surface area contributed by atoms with Gasteiger partial charge in [0, 0.05) is 30.1 Å². The van der Waals surface area contributed by atoms with E-state index in [-0.39, 0.29) is 28.1 Å². The lowest BCUT2D eigenvalue weighted by Gasteiger charge is -2.31. The monoisotopic (exact) mass is 391 g/mol. The highest BCUT2D eigenvalue weighted by molar-refractivity contribution is 6.31. The molecule has 9 heteroatoms. The van der Waals surface area contributed by atoms with E-state index < -0.39 is 10.8 Å². The van der Waals surface area contributed by atoms with Crippen molar-refractivity contribution in [1.29, 1.82) is 0 Å². The second kappa shape index (κ2) is 8.22. The molecular weight excluding hydrogens is 374 g/mol. The van der Waals surface area contributed by atoms with Crippen molar-refractivity contribution in [2.45, 2.75) is 19.4 Å². The van der Waals surface area contributed by atoms with Crippen LogP contribution in [0.25, 0.3) is 0 Å². The van der Waals surface area contributed by atoms with Gasteiger partial charge in [-0.25, -0.2) is 0 Å². The number of halogens is 1. The minimum Gasteiger partial charge on any atom is -0.467 e. The Labute approximate surface area is 160 Å². The number of nitro benzene ring substituents is 1. The van der Waals surface area contributed by atoms with Crippen molar-refractivity contribution in [2.75, 3.05) is 13.1 Å². The molecule has 0 unspecified atom stereocenters. The van der Waals surface area contributed by atoms with Crippen LogP contribution in [0.3, 0.4) is 0 Å². The van der Waals surface area contributed by atoms with Crippen molar-refractivity contribution in [1.82, 2.24) is 10.2 Å². The maximum absolute atomic E-state index is 12.7. The molecule has 0 radical (unpaired) electrons. The first-order chi connectivity index (χ1) is 13.0. The van der Waals surface area contributed by atoms with Crippen LogP contribution in [0.5, 0.6) is 0 Å². The molecule has 2 aromatic rings. The topological polar surface area (TPSA) is 106 Å². The lowest BCUT2D eigenvalue weighted by molar-refractivity contribution is -0.385. The molecule has 1 aliphatic rings. The van der Waals surface area contributed by atoms with Gasteiger partial charge in [0.05, 0.1) is 17.7 Å². The van der Waals surface area contributed by atoms with Crippen molar-refractivity contribution in [3.63, 3.8) is 0 Å². The molecule has 27 heavy (non-hydrogen) atoms. The average Bonchev–Trinajstić information content (AvgIpc) is 3.19. The number of benzene rings is 1. The van der Waals surface area contributed by atoms with Crippen LogP contribution < -0.4 is 5.32 Å². The smallest absolute Gasteiger partial charge is 0.283 e. The second-order valence-electron chi connectivity index (χ2n) is 6.28. The second-order valence-corrected chi connectivity index (χ2v) is 6.72. The van der Waals surface area contributed by atoms with Gasteiger partial charge in [-0.1, -0.05) is 11.6 Å². The first kappa shape index (κ1) is 18.9. The summed E-state index contributed by atoms with van der Waals surface area (Å²) in [7, 11) is 0. The number of amides is 2. The molecule has 1 aliphatic heterocycles. The van der Waals surface area contributed by atoms with Gasteiger partial charge in [-0.3, -0.25) is 19.7 Å². The molecular formula is C18H18ClN3O5. The normalized spacial score (nSPS) is 14.8. The number of hydrogen-bond acceptors (Lipinski definition) is 5. The van der Waals surface area contributed by atoms with E-state index in [4.69, 9.17) is 16.0 Å². The summed E-state index contributed by atoms with van der Waals surface area (Å²) in [6.45, 7) is 1.04. The predicted molar refractivity (Wildman–Crippen MR) is 97.3 cm³/mol. The number of piperidine rings is 1. The maximum atomic E-state index is 12.7. The van der Waals surface area contributed by atoms with Gasteiger partial charge in [0.2, 0.25) is 5.91 Å². The molecule has 2 heterocycles. The standard InChI is InChI=1S/C18H18ClN3O5/c19-13-3-4-15(16(10-13)22(25)26)18(24)21-7-5-12(6-8-21)17(23)20-11-14-2-1-9-27-14/h1-4,9-10,12H,5-8,11H2,(H,20,23). The number of nitro groups is 1. The van der Waals surface area contributed by atoms with E-state index in [1.54, 1.807) is 18.4 Å². The van der Waals surface area contributed by atoms with Gasteiger partial charge in [-0.2, -0.15) is 0 Å². The van der Waals surface area contributed by atoms with E-state index >= 15 is 0 Å². The van der Waals surface area contributed by atoms with Crippen LogP contribution >= 0.6 is 11.6 Å². The molecule has 142 valence electrons. The Balaban J connectivity index is 1.58. The van der Waals surface area contributed by atoms with Crippen LogP contribution in [0.15, 0.2) is 41.0 Å². The molecule has 0 bridgehead atoms. The number of nitrogens with one attached hydrogen (secondary N) is 1. The lowest BCUT2D eigenvalue weighted by atomic mass is 9.95. The lowest BCUT2D eigenvalue weighted by Crippen LogP contribution is -2.43. The summed E-state index contributed by atoms with van der Waals surface area (Å²) in [5.74, 6) is -0.0426. The van der Waals surface area contributed by atoms with Gasteiger partial charge in [0.25, 0.3) is 11.6 Å². The van der Waals surface area contributed by atoms with Gasteiger partial charge in [0.15, 0.2) is 0 Å². The highest BCUT2D eigenvalue weighted by atomic mass is 35.5. The minimum absolute atomic E-state index is 0.00474. The fourth-order valence-electron chi connectivity index (χ4n) is 3.08. The fraction of sp³-hybridized carbons (Fsp3) is 0.333. The Morgan fingerprint density at radius 2 is 2.04 bits per heavy atom. The Morgan fingerprint density at radius 3 is 2.67 bits per heavy atom. The third-order valence-corrected chi connectivity index (χ3v) is 4.79. The van der Waals surface area contributed by atoms with E-state index in [0.717, 1.165) is 0 Å². The van der Waals surface area contributed by atoms with Crippen LogP contribution in [0, 0.1) is 16.0 Å². The molecule has 1 saturated heterocycles. The van der Waals surface area contributed by atoms with Gasteiger partial charge >= 0.3 is 0 Å². The molecule has 1 aromatic heterocycles. The van der Waals surface area contributed by atoms with Gasteiger partial charge in [0.1, 0.15) is 11.3 Å². The third kappa shape index (κ3) is 4.46. The van der Waals surface area contributed by atoms with Crippen LogP contribution in [-0.4, -0.2) is 34.7 Å². The van der Waals surface area contributed by atoms with Crippen molar-refractivity contribution in [3.05, 3.63) is 63.1 Å². The van der Waals surface area contributed by atoms with Gasteiger partial charge < -0.3 is 14.6 Å². The molecule has 1 aromatic carbocycles. The van der Waals surface area contributed by atoms with Crippen LogP contribution in [0.2, 0.25) is 5.02 Å². The third-order valence-electron chi connectivity index (χ3n) is 4.56. The van der Waals surface area contributed by atoms with Crippen molar-refractivity contribution in [3.8, 4) is 0 Å². The molecule has 3 rings (SSSR count). The number of nitrogens with zero attached hydrogens (tertiary/aromatic N) is 2. The number of hydrogen-bond donors (Lipinski definition) is 1. The molecule has 0 saturated carbocycles. The van der Waals surface area contributed by atoms with E-state index in [1.165, 1.54) is 23.1 Å².